The number of hydrogen-bond acceptors (Lipinski definition) is 3. The van der Waals surface area contributed by atoms with Crippen LogP contribution in [0.4, 0.5) is 0 Å². The molecule has 20 heavy (non-hydrogen) atoms. The first kappa shape index (κ1) is 14.3. The third kappa shape index (κ3) is 3.24. The standard InChI is InChI=1S/C15H20N4O/c1-12(11-16)18(2)15(20)10-13-4-6-14(7-5-13)19-9-3-8-17-19/h3-9,12H,10-11,16H2,1-2H3. The maximum atomic E-state index is 12.1. The van der Waals surface area contributed by atoms with Gasteiger partial charge in [-0.25, -0.2) is 4.68 Å². The van der Waals surface area contributed by atoms with Crippen LogP contribution in [0.3, 0.4) is 0 Å². The lowest BCUT2D eigenvalue weighted by Gasteiger charge is -2.23. The zero-order valence-corrected chi connectivity index (χ0v) is 11.9. The van der Waals surface area contributed by atoms with E-state index >= 15 is 0 Å². The molecule has 0 aliphatic heterocycles. The van der Waals surface area contributed by atoms with E-state index in [2.05, 4.69) is 5.10 Å². The van der Waals surface area contributed by atoms with E-state index in [0.717, 1.165) is 11.3 Å². The number of hydrogen-bond donors (Lipinski definition) is 1. The number of rotatable bonds is 5. The lowest BCUT2D eigenvalue weighted by atomic mass is 10.1. The quantitative estimate of drug-likeness (QED) is 0.890. The Balaban J connectivity index is 2.02. The summed E-state index contributed by atoms with van der Waals surface area (Å²) in [6.45, 7) is 2.42. The zero-order chi connectivity index (χ0) is 14.5. The summed E-state index contributed by atoms with van der Waals surface area (Å²) in [5.74, 6) is 0.0785. The first-order valence-electron chi connectivity index (χ1n) is 6.66. The smallest absolute Gasteiger partial charge is 0.227 e. The van der Waals surface area contributed by atoms with Gasteiger partial charge in [-0.15, -0.1) is 0 Å². The van der Waals surface area contributed by atoms with Crippen molar-refractivity contribution in [1.82, 2.24) is 14.7 Å². The Bertz CT molecular complexity index is 548. The van der Waals surface area contributed by atoms with Crippen molar-refractivity contribution in [3.8, 4) is 5.69 Å². The molecule has 1 unspecified atom stereocenters. The Morgan fingerprint density at radius 3 is 2.65 bits per heavy atom. The number of benzene rings is 1. The van der Waals surface area contributed by atoms with Crippen molar-refractivity contribution < 1.29 is 4.79 Å². The second-order valence-corrected chi connectivity index (χ2v) is 4.88. The third-order valence-corrected chi connectivity index (χ3v) is 3.46. The Morgan fingerprint density at radius 1 is 1.40 bits per heavy atom. The molecule has 0 saturated heterocycles. The lowest BCUT2D eigenvalue weighted by molar-refractivity contribution is -0.130. The Hall–Kier alpha value is -2.14. The molecular formula is C15H20N4O. The first-order valence-corrected chi connectivity index (χ1v) is 6.66. The zero-order valence-electron chi connectivity index (χ0n) is 11.9. The number of nitrogens with two attached hydrogens (primary N) is 1. The molecule has 1 heterocycles. The van der Waals surface area contributed by atoms with Crippen molar-refractivity contribution in [3.05, 3.63) is 48.3 Å². The fraction of sp³-hybridized carbons (Fsp3) is 0.333. The Morgan fingerprint density at radius 2 is 2.10 bits per heavy atom. The minimum atomic E-state index is 0.0610. The number of amides is 1. The summed E-state index contributed by atoms with van der Waals surface area (Å²) < 4.78 is 1.79. The van der Waals surface area contributed by atoms with Crippen molar-refractivity contribution in [2.75, 3.05) is 13.6 Å². The summed E-state index contributed by atoms with van der Waals surface area (Å²) in [5.41, 5.74) is 7.54. The molecule has 0 saturated carbocycles. The Labute approximate surface area is 119 Å². The minimum absolute atomic E-state index is 0.0610. The van der Waals surface area contributed by atoms with Crippen molar-refractivity contribution in [2.45, 2.75) is 19.4 Å². The first-order chi connectivity index (χ1) is 9.61. The summed E-state index contributed by atoms with van der Waals surface area (Å²) in [4.78, 5) is 13.8. The molecule has 5 nitrogen and oxygen atoms in total. The van der Waals surface area contributed by atoms with Crippen LogP contribution < -0.4 is 5.73 Å². The summed E-state index contributed by atoms with van der Waals surface area (Å²) in [6, 6.07) is 9.77. The number of aromatic nitrogens is 2. The van der Waals surface area contributed by atoms with Crippen molar-refractivity contribution in [3.63, 3.8) is 0 Å². The highest BCUT2D eigenvalue weighted by Gasteiger charge is 2.14. The van der Waals surface area contributed by atoms with Gasteiger partial charge < -0.3 is 10.6 Å². The SMILES string of the molecule is CC(CN)N(C)C(=O)Cc1ccc(-n2cccn2)cc1. The van der Waals surface area contributed by atoms with Crippen LogP contribution in [-0.2, 0) is 11.2 Å². The molecule has 106 valence electrons. The summed E-state index contributed by atoms with van der Waals surface area (Å²) in [5, 5.41) is 4.17. The van der Waals surface area contributed by atoms with Crippen LogP contribution in [0.25, 0.3) is 5.69 Å². The second-order valence-electron chi connectivity index (χ2n) is 4.88. The van der Waals surface area contributed by atoms with Crippen molar-refractivity contribution in [1.29, 1.82) is 0 Å². The molecule has 2 N–H and O–H groups in total. The van der Waals surface area contributed by atoms with Gasteiger partial charge in [0.15, 0.2) is 0 Å². The van der Waals surface area contributed by atoms with Gasteiger partial charge in [0.2, 0.25) is 5.91 Å². The Kier molecular flexibility index (Phi) is 4.53. The van der Waals surface area contributed by atoms with Gasteiger partial charge in [0.05, 0.1) is 12.1 Å². The summed E-state index contributed by atoms with van der Waals surface area (Å²) in [6.07, 6.45) is 4.01. The molecule has 1 aromatic carbocycles. The molecule has 0 aliphatic rings. The van der Waals surface area contributed by atoms with Gasteiger partial charge >= 0.3 is 0 Å². The van der Waals surface area contributed by atoms with E-state index in [4.69, 9.17) is 5.73 Å². The predicted octanol–water partition coefficient (Wildman–Crippen LogP) is 1.22. The maximum absolute atomic E-state index is 12.1. The molecule has 1 atom stereocenters. The highest BCUT2D eigenvalue weighted by atomic mass is 16.2. The predicted molar refractivity (Wildman–Crippen MR) is 78.6 cm³/mol. The van der Waals surface area contributed by atoms with E-state index in [1.165, 1.54) is 0 Å². The third-order valence-electron chi connectivity index (χ3n) is 3.46. The largest absolute Gasteiger partial charge is 0.341 e. The highest BCUT2D eigenvalue weighted by molar-refractivity contribution is 5.78. The summed E-state index contributed by atoms with van der Waals surface area (Å²) >= 11 is 0. The van der Waals surface area contributed by atoms with E-state index in [1.807, 2.05) is 43.5 Å². The monoisotopic (exact) mass is 272 g/mol. The molecule has 0 radical (unpaired) electrons. The van der Waals surface area contributed by atoms with Crippen LogP contribution in [0.2, 0.25) is 0 Å². The number of likely N-dealkylation sites (N-methyl/N-ethyl adjacent to an activating group) is 1. The van der Waals surface area contributed by atoms with Crippen LogP contribution in [0.5, 0.6) is 0 Å². The van der Waals surface area contributed by atoms with Gasteiger partial charge in [-0.2, -0.15) is 5.10 Å². The van der Waals surface area contributed by atoms with Gasteiger partial charge in [-0.05, 0) is 30.7 Å². The fourth-order valence-corrected chi connectivity index (χ4v) is 1.89. The molecule has 0 fully saturated rings. The molecule has 5 heteroatoms. The second kappa shape index (κ2) is 6.34. The van der Waals surface area contributed by atoms with Crippen molar-refractivity contribution >= 4 is 5.91 Å². The maximum Gasteiger partial charge on any atom is 0.227 e. The van der Waals surface area contributed by atoms with E-state index in [9.17, 15) is 4.79 Å². The lowest BCUT2D eigenvalue weighted by Crippen LogP contribution is -2.40. The van der Waals surface area contributed by atoms with Crippen molar-refractivity contribution in [2.24, 2.45) is 5.73 Å². The molecule has 1 amide bonds. The van der Waals surface area contributed by atoms with Crippen LogP contribution >= 0.6 is 0 Å². The normalized spacial score (nSPS) is 12.2. The molecule has 0 bridgehead atoms. The van der Waals surface area contributed by atoms with E-state index in [-0.39, 0.29) is 11.9 Å². The van der Waals surface area contributed by atoms with Gasteiger partial charge in [0, 0.05) is 32.0 Å². The van der Waals surface area contributed by atoms with Gasteiger partial charge in [-0.3, -0.25) is 4.79 Å². The molecule has 2 aromatic rings. The average molecular weight is 272 g/mol. The van der Waals surface area contributed by atoms with Gasteiger partial charge in [0.1, 0.15) is 0 Å². The van der Waals surface area contributed by atoms with Crippen LogP contribution in [-0.4, -0.2) is 40.2 Å². The molecule has 0 spiro atoms. The number of carbonyl (C=O) groups is 1. The molecule has 2 rings (SSSR count). The average Bonchev–Trinajstić information content (AvgIpc) is 3.00. The molecular weight excluding hydrogens is 252 g/mol. The van der Waals surface area contributed by atoms with Crippen LogP contribution in [0.1, 0.15) is 12.5 Å². The highest BCUT2D eigenvalue weighted by Crippen LogP contribution is 2.10. The van der Waals surface area contributed by atoms with E-state index in [1.54, 1.807) is 22.8 Å². The van der Waals surface area contributed by atoms with E-state index in [0.29, 0.717) is 13.0 Å². The van der Waals surface area contributed by atoms with Crippen LogP contribution in [0.15, 0.2) is 42.7 Å². The fourth-order valence-electron chi connectivity index (χ4n) is 1.89. The van der Waals surface area contributed by atoms with Gasteiger partial charge in [0.25, 0.3) is 0 Å². The summed E-state index contributed by atoms with van der Waals surface area (Å²) in [7, 11) is 1.79. The number of carbonyl (C=O) groups excluding carboxylic acids is 1. The topological polar surface area (TPSA) is 64.2 Å². The molecule has 1 aromatic heterocycles. The minimum Gasteiger partial charge on any atom is -0.341 e. The van der Waals surface area contributed by atoms with Crippen LogP contribution in [0, 0.1) is 0 Å². The number of nitrogens with zero attached hydrogens (tertiary/aromatic N) is 3. The van der Waals surface area contributed by atoms with Gasteiger partial charge in [-0.1, -0.05) is 12.1 Å². The van der Waals surface area contributed by atoms with E-state index < -0.39 is 0 Å². The molecule has 0 aliphatic carbocycles.